The Balaban J connectivity index is 1.24. The van der Waals surface area contributed by atoms with Gasteiger partial charge in [0.2, 0.25) is 5.95 Å². The summed E-state index contributed by atoms with van der Waals surface area (Å²) in [5, 5.41) is 9.72. The fourth-order valence-electron chi connectivity index (χ4n) is 4.41. The van der Waals surface area contributed by atoms with E-state index in [-0.39, 0.29) is 0 Å². The number of para-hydroxylation sites is 1. The van der Waals surface area contributed by atoms with Crippen LogP contribution in [0.1, 0.15) is 31.2 Å². The molecule has 32 heavy (non-hydrogen) atoms. The second kappa shape index (κ2) is 10.7. The summed E-state index contributed by atoms with van der Waals surface area (Å²) < 4.78 is 0. The highest BCUT2D eigenvalue weighted by Gasteiger charge is 2.22. The smallest absolute Gasteiger partial charge is 0.225 e. The number of aromatic nitrogens is 2. The molecule has 0 saturated heterocycles. The minimum atomic E-state index is 0.426. The van der Waals surface area contributed by atoms with E-state index in [9.17, 15) is 0 Å². The molecular weight excluding hydrogens is 441 g/mol. The highest BCUT2D eigenvalue weighted by molar-refractivity contribution is 6.35. The van der Waals surface area contributed by atoms with Gasteiger partial charge in [-0.15, -0.1) is 0 Å². The molecule has 1 aliphatic rings. The first-order valence-electron chi connectivity index (χ1n) is 11.3. The number of hydrogen-bond donors (Lipinski definition) is 2. The van der Waals surface area contributed by atoms with Gasteiger partial charge in [-0.25, -0.2) is 4.98 Å². The van der Waals surface area contributed by atoms with Crippen molar-refractivity contribution < 1.29 is 0 Å². The summed E-state index contributed by atoms with van der Waals surface area (Å²) in [7, 11) is 4.05. The molecule has 1 aliphatic carbocycles. The SMILES string of the molecule is CN(C)c1nc(NC2CCC(CNCCc3ccc(Cl)cc3Cl)CC2)nc2ccccc12. The Morgan fingerprint density at radius 2 is 1.78 bits per heavy atom. The Bertz CT molecular complexity index is 1050. The Hall–Kier alpha value is -2.08. The summed E-state index contributed by atoms with van der Waals surface area (Å²) in [5.74, 6) is 2.40. The summed E-state index contributed by atoms with van der Waals surface area (Å²) in [6.45, 7) is 1.98. The third-order valence-electron chi connectivity index (χ3n) is 6.21. The van der Waals surface area contributed by atoms with Crippen molar-refractivity contribution in [1.82, 2.24) is 15.3 Å². The maximum atomic E-state index is 6.27. The Kier molecular flexibility index (Phi) is 7.71. The van der Waals surface area contributed by atoms with Crippen LogP contribution in [0.2, 0.25) is 10.0 Å². The Morgan fingerprint density at radius 3 is 2.53 bits per heavy atom. The lowest BCUT2D eigenvalue weighted by molar-refractivity contribution is 0.325. The van der Waals surface area contributed by atoms with Crippen LogP contribution in [0, 0.1) is 5.92 Å². The molecule has 5 nitrogen and oxygen atoms in total. The molecule has 0 atom stereocenters. The van der Waals surface area contributed by atoms with Gasteiger partial charge in [0.15, 0.2) is 0 Å². The Morgan fingerprint density at radius 1 is 1.00 bits per heavy atom. The first kappa shape index (κ1) is 23.1. The maximum Gasteiger partial charge on any atom is 0.225 e. The molecule has 2 N–H and O–H groups in total. The van der Waals surface area contributed by atoms with Gasteiger partial charge in [-0.1, -0.05) is 41.4 Å². The molecule has 0 radical (unpaired) electrons. The van der Waals surface area contributed by atoms with E-state index in [4.69, 9.17) is 33.2 Å². The van der Waals surface area contributed by atoms with Crippen molar-refractivity contribution in [1.29, 1.82) is 0 Å². The van der Waals surface area contributed by atoms with Crippen molar-refractivity contribution in [2.45, 2.75) is 38.1 Å². The number of halogens is 2. The van der Waals surface area contributed by atoms with Gasteiger partial charge in [0.05, 0.1) is 5.52 Å². The molecule has 2 aromatic carbocycles. The highest BCUT2D eigenvalue weighted by Crippen LogP contribution is 2.28. The van der Waals surface area contributed by atoms with Gasteiger partial charge in [0.1, 0.15) is 5.82 Å². The van der Waals surface area contributed by atoms with Crippen LogP contribution in [-0.4, -0.2) is 43.2 Å². The van der Waals surface area contributed by atoms with Crippen LogP contribution in [0.25, 0.3) is 10.9 Å². The molecular formula is C25H31Cl2N5. The van der Waals surface area contributed by atoms with E-state index in [2.05, 4.69) is 27.7 Å². The quantitative estimate of drug-likeness (QED) is 0.406. The van der Waals surface area contributed by atoms with E-state index in [0.717, 1.165) is 65.6 Å². The number of fused-ring (bicyclic) bond motifs is 1. The van der Waals surface area contributed by atoms with Gasteiger partial charge in [0, 0.05) is 35.6 Å². The van der Waals surface area contributed by atoms with Crippen LogP contribution in [-0.2, 0) is 6.42 Å². The van der Waals surface area contributed by atoms with E-state index < -0.39 is 0 Å². The predicted molar refractivity (Wildman–Crippen MR) is 136 cm³/mol. The number of hydrogen-bond acceptors (Lipinski definition) is 5. The molecule has 0 bridgehead atoms. The second-order valence-electron chi connectivity index (χ2n) is 8.83. The summed E-state index contributed by atoms with van der Waals surface area (Å²) in [4.78, 5) is 11.6. The minimum Gasteiger partial charge on any atom is -0.362 e. The van der Waals surface area contributed by atoms with Crippen molar-refractivity contribution in [2.75, 3.05) is 37.4 Å². The Labute approximate surface area is 200 Å². The van der Waals surface area contributed by atoms with Crippen molar-refractivity contribution in [2.24, 2.45) is 5.92 Å². The second-order valence-corrected chi connectivity index (χ2v) is 9.68. The number of rotatable bonds is 8. The molecule has 4 rings (SSSR count). The highest BCUT2D eigenvalue weighted by atomic mass is 35.5. The summed E-state index contributed by atoms with van der Waals surface area (Å²) in [5.41, 5.74) is 2.12. The van der Waals surface area contributed by atoms with Crippen molar-refractivity contribution in [3.8, 4) is 0 Å². The molecule has 0 aliphatic heterocycles. The predicted octanol–water partition coefficient (Wildman–Crippen LogP) is 5.81. The summed E-state index contributed by atoms with van der Waals surface area (Å²) in [6.07, 6.45) is 5.62. The topological polar surface area (TPSA) is 53.1 Å². The van der Waals surface area contributed by atoms with Crippen molar-refractivity contribution >= 4 is 45.9 Å². The molecule has 1 fully saturated rings. The van der Waals surface area contributed by atoms with Crippen LogP contribution >= 0.6 is 23.2 Å². The average molecular weight is 472 g/mol. The standard InChI is InChI=1S/C25H31Cl2N5/c1-32(2)24-21-5-3-4-6-23(21)30-25(31-24)29-20-11-7-17(8-12-20)16-28-14-13-18-9-10-19(26)15-22(18)27/h3-6,9-10,15,17,20,28H,7-8,11-14,16H2,1-2H3,(H,29,30,31). The lowest BCUT2D eigenvalue weighted by Gasteiger charge is -2.29. The zero-order valence-corrected chi connectivity index (χ0v) is 20.3. The average Bonchev–Trinajstić information content (AvgIpc) is 2.78. The minimum absolute atomic E-state index is 0.426. The van der Waals surface area contributed by atoms with Gasteiger partial charge in [-0.2, -0.15) is 4.98 Å². The van der Waals surface area contributed by atoms with E-state index in [1.165, 1.54) is 12.8 Å². The van der Waals surface area contributed by atoms with Crippen LogP contribution in [0.4, 0.5) is 11.8 Å². The lowest BCUT2D eigenvalue weighted by Crippen LogP contribution is -2.32. The molecule has 1 aromatic heterocycles. The van der Waals surface area contributed by atoms with E-state index in [1.54, 1.807) is 0 Å². The maximum absolute atomic E-state index is 6.27. The van der Waals surface area contributed by atoms with E-state index >= 15 is 0 Å². The van der Waals surface area contributed by atoms with Crippen LogP contribution in [0.5, 0.6) is 0 Å². The largest absolute Gasteiger partial charge is 0.362 e. The lowest BCUT2D eigenvalue weighted by atomic mass is 9.86. The third-order valence-corrected chi connectivity index (χ3v) is 6.79. The fourth-order valence-corrected chi connectivity index (χ4v) is 4.92. The van der Waals surface area contributed by atoms with Crippen LogP contribution < -0.4 is 15.5 Å². The van der Waals surface area contributed by atoms with Crippen LogP contribution in [0.15, 0.2) is 42.5 Å². The number of nitrogens with zero attached hydrogens (tertiary/aromatic N) is 3. The molecule has 170 valence electrons. The molecule has 0 amide bonds. The number of benzene rings is 2. The number of anilines is 2. The third kappa shape index (κ3) is 5.83. The van der Waals surface area contributed by atoms with E-state index in [1.807, 2.05) is 44.4 Å². The molecule has 0 unspecified atom stereocenters. The molecule has 0 spiro atoms. The first-order chi connectivity index (χ1) is 15.5. The molecule has 1 heterocycles. The summed E-state index contributed by atoms with van der Waals surface area (Å²) >= 11 is 12.2. The van der Waals surface area contributed by atoms with Gasteiger partial charge in [0.25, 0.3) is 0 Å². The molecule has 3 aromatic rings. The van der Waals surface area contributed by atoms with Crippen molar-refractivity contribution in [3.63, 3.8) is 0 Å². The summed E-state index contributed by atoms with van der Waals surface area (Å²) in [6, 6.07) is 14.3. The van der Waals surface area contributed by atoms with Gasteiger partial charge in [-0.05, 0) is 80.9 Å². The monoisotopic (exact) mass is 471 g/mol. The normalized spacial score (nSPS) is 18.6. The zero-order valence-electron chi connectivity index (χ0n) is 18.7. The number of nitrogens with one attached hydrogen (secondary N) is 2. The van der Waals surface area contributed by atoms with Crippen molar-refractivity contribution in [3.05, 3.63) is 58.1 Å². The van der Waals surface area contributed by atoms with Gasteiger partial charge < -0.3 is 15.5 Å². The molecule has 7 heteroatoms. The van der Waals surface area contributed by atoms with Gasteiger partial charge in [-0.3, -0.25) is 0 Å². The first-order valence-corrected chi connectivity index (χ1v) is 12.1. The van der Waals surface area contributed by atoms with Gasteiger partial charge >= 0.3 is 0 Å². The zero-order chi connectivity index (χ0) is 22.5. The fraction of sp³-hybridized carbons (Fsp3) is 0.440. The van der Waals surface area contributed by atoms with E-state index in [0.29, 0.717) is 17.0 Å². The molecule has 1 saturated carbocycles. The van der Waals surface area contributed by atoms with Crippen LogP contribution in [0.3, 0.4) is 0 Å².